The molecular weight excluding hydrogens is 515 g/mol. The lowest BCUT2D eigenvalue weighted by Gasteiger charge is -2.35. The summed E-state index contributed by atoms with van der Waals surface area (Å²) >= 11 is 0. The molecule has 4 N–H and O–H groups in total. The number of carboxylic acids is 1. The molecule has 0 aliphatic carbocycles. The first-order valence-corrected chi connectivity index (χ1v) is 14.0. The predicted octanol–water partition coefficient (Wildman–Crippen LogP) is 2.72. The SMILES string of the molecule is CC(c1cccc2c(-c3ccc(CS(C)(=O)=O)c(F)c3)c(C(=O)O)[nH]c12)n1cc(CN2CC(N)C2)oc1=O. The number of carboxylic acid groups (broad SMARTS) is 1. The standard InChI is InChI=1S/C26H27FN4O6S/c1-14(31-12-18(37-26(31)34)11-30-9-17(28)10-30)19-4-3-5-20-22(24(25(32)33)29-23(19)20)15-6-7-16(21(27)8-15)13-38(2,35)36/h3-8,12,14,17,29H,9-11,13,28H2,1-2H3,(H,32,33). The number of sulfone groups is 1. The van der Waals surface area contributed by atoms with Gasteiger partial charge in [-0.2, -0.15) is 0 Å². The van der Waals surface area contributed by atoms with Crippen LogP contribution in [0.1, 0.15) is 40.3 Å². The molecule has 1 saturated heterocycles. The third kappa shape index (κ3) is 4.89. The number of hydrogen-bond donors (Lipinski definition) is 3. The zero-order chi connectivity index (χ0) is 27.4. The summed E-state index contributed by atoms with van der Waals surface area (Å²) < 4.78 is 45.0. The van der Waals surface area contributed by atoms with Gasteiger partial charge in [-0.15, -0.1) is 0 Å². The zero-order valence-electron chi connectivity index (χ0n) is 20.8. The third-order valence-electron chi connectivity index (χ3n) is 6.78. The fourth-order valence-corrected chi connectivity index (χ4v) is 5.80. The van der Waals surface area contributed by atoms with Crippen LogP contribution in [-0.4, -0.2) is 59.3 Å². The van der Waals surface area contributed by atoms with E-state index in [1.807, 2.05) is 0 Å². The number of aromatic nitrogens is 2. The van der Waals surface area contributed by atoms with Gasteiger partial charge in [-0.25, -0.2) is 22.4 Å². The van der Waals surface area contributed by atoms with Gasteiger partial charge < -0.3 is 20.2 Å². The van der Waals surface area contributed by atoms with E-state index in [4.69, 9.17) is 10.2 Å². The second kappa shape index (κ2) is 9.53. The fraction of sp³-hybridized carbons (Fsp3) is 0.308. The highest BCUT2D eigenvalue weighted by Crippen LogP contribution is 2.37. The summed E-state index contributed by atoms with van der Waals surface area (Å²) in [5.41, 5.74) is 7.34. The normalized spacial score (nSPS) is 15.6. The van der Waals surface area contributed by atoms with Crippen LogP contribution in [0.25, 0.3) is 22.0 Å². The maximum atomic E-state index is 14.8. The number of rotatable bonds is 8. The van der Waals surface area contributed by atoms with Crippen LogP contribution in [0.2, 0.25) is 0 Å². The Hall–Kier alpha value is -3.74. The van der Waals surface area contributed by atoms with E-state index in [0.717, 1.165) is 25.4 Å². The lowest BCUT2D eigenvalue weighted by Crippen LogP contribution is -2.54. The smallest absolute Gasteiger partial charge is 0.419 e. The molecule has 5 rings (SSSR count). The number of aromatic carboxylic acids is 1. The molecular formula is C26H27FN4O6S. The number of carbonyl (C=O) groups is 1. The van der Waals surface area contributed by atoms with Crippen LogP contribution in [0.5, 0.6) is 0 Å². The number of hydrogen-bond acceptors (Lipinski definition) is 7. The van der Waals surface area contributed by atoms with Crippen molar-refractivity contribution in [1.29, 1.82) is 0 Å². The molecule has 0 saturated carbocycles. The number of nitrogens with two attached hydrogens (primary N) is 1. The Morgan fingerprint density at radius 3 is 2.66 bits per heavy atom. The number of nitrogens with one attached hydrogen (secondary N) is 1. The van der Waals surface area contributed by atoms with Crippen molar-refractivity contribution in [1.82, 2.24) is 14.5 Å². The largest absolute Gasteiger partial charge is 0.477 e. The van der Waals surface area contributed by atoms with Gasteiger partial charge in [0.2, 0.25) is 0 Å². The first-order chi connectivity index (χ1) is 17.9. The Balaban J connectivity index is 1.56. The molecule has 1 fully saturated rings. The predicted molar refractivity (Wildman–Crippen MR) is 139 cm³/mol. The van der Waals surface area contributed by atoms with E-state index in [2.05, 4.69) is 9.88 Å². The van der Waals surface area contributed by atoms with Gasteiger partial charge in [0, 0.05) is 41.9 Å². The number of oxazole rings is 1. The molecule has 2 aromatic carbocycles. The maximum Gasteiger partial charge on any atom is 0.419 e. The molecule has 2 aromatic heterocycles. The lowest BCUT2D eigenvalue weighted by molar-refractivity contribution is 0.0692. The van der Waals surface area contributed by atoms with Gasteiger partial charge in [0.1, 0.15) is 17.3 Å². The van der Waals surface area contributed by atoms with E-state index in [1.165, 1.54) is 16.7 Å². The maximum absolute atomic E-state index is 14.8. The average molecular weight is 543 g/mol. The van der Waals surface area contributed by atoms with E-state index < -0.39 is 39.2 Å². The van der Waals surface area contributed by atoms with Gasteiger partial charge in [0.05, 0.1) is 30.1 Å². The van der Waals surface area contributed by atoms with Crippen LogP contribution in [-0.2, 0) is 22.1 Å². The highest BCUT2D eigenvalue weighted by molar-refractivity contribution is 7.89. The molecule has 10 nitrogen and oxygen atoms in total. The van der Waals surface area contributed by atoms with Gasteiger partial charge in [-0.1, -0.05) is 30.3 Å². The van der Waals surface area contributed by atoms with Crippen LogP contribution in [0.3, 0.4) is 0 Å². The first kappa shape index (κ1) is 25.9. The quantitative estimate of drug-likeness (QED) is 0.307. The second-order valence-corrected chi connectivity index (χ2v) is 12.0. The van der Waals surface area contributed by atoms with Crippen molar-refractivity contribution in [3.63, 3.8) is 0 Å². The summed E-state index contributed by atoms with van der Waals surface area (Å²) in [5, 5.41) is 10.5. The number of benzene rings is 2. The molecule has 3 heterocycles. The van der Waals surface area contributed by atoms with Crippen LogP contribution >= 0.6 is 0 Å². The summed E-state index contributed by atoms with van der Waals surface area (Å²) in [4.78, 5) is 29.9. The number of aromatic amines is 1. The summed E-state index contributed by atoms with van der Waals surface area (Å²) in [6, 6.07) is 8.83. The van der Waals surface area contributed by atoms with Crippen molar-refractivity contribution in [2.45, 2.75) is 31.3 Å². The topological polar surface area (TPSA) is 152 Å². The molecule has 1 unspecified atom stereocenters. The fourth-order valence-electron chi connectivity index (χ4n) is 5.00. The van der Waals surface area contributed by atoms with Crippen LogP contribution in [0, 0.1) is 5.82 Å². The first-order valence-electron chi connectivity index (χ1n) is 11.9. The van der Waals surface area contributed by atoms with Crippen molar-refractivity contribution >= 4 is 26.7 Å². The second-order valence-electron chi connectivity index (χ2n) is 9.83. The average Bonchev–Trinajstić information content (AvgIpc) is 3.38. The van der Waals surface area contributed by atoms with Crippen LogP contribution in [0.15, 0.2) is 51.8 Å². The molecule has 200 valence electrons. The van der Waals surface area contributed by atoms with E-state index >= 15 is 0 Å². The lowest BCUT2D eigenvalue weighted by atomic mass is 9.98. The summed E-state index contributed by atoms with van der Waals surface area (Å²) in [6.45, 7) is 3.71. The van der Waals surface area contributed by atoms with E-state index in [-0.39, 0.29) is 28.4 Å². The van der Waals surface area contributed by atoms with Gasteiger partial charge in [-0.05, 0) is 24.1 Å². The minimum atomic E-state index is -3.46. The molecule has 38 heavy (non-hydrogen) atoms. The molecule has 0 radical (unpaired) electrons. The number of halogens is 1. The van der Waals surface area contributed by atoms with Crippen molar-refractivity contribution in [3.05, 3.63) is 81.5 Å². The Morgan fingerprint density at radius 1 is 1.29 bits per heavy atom. The summed E-state index contributed by atoms with van der Waals surface area (Å²) in [5.74, 6) is -2.49. The van der Waals surface area contributed by atoms with E-state index in [0.29, 0.717) is 28.8 Å². The van der Waals surface area contributed by atoms with Gasteiger partial charge in [0.15, 0.2) is 9.84 Å². The molecule has 0 amide bonds. The third-order valence-corrected chi connectivity index (χ3v) is 7.62. The molecule has 0 spiro atoms. The monoisotopic (exact) mass is 542 g/mol. The highest BCUT2D eigenvalue weighted by atomic mass is 32.2. The van der Waals surface area contributed by atoms with E-state index in [1.54, 1.807) is 31.3 Å². The minimum Gasteiger partial charge on any atom is -0.477 e. The van der Waals surface area contributed by atoms with Crippen molar-refractivity contribution in [2.75, 3.05) is 19.3 Å². The number of fused-ring (bicyclic) bond motifs is 1. The Morgan fingerprint density at radius 2 is 2.03 bits per heavy atom. The van der Waals surface area contributed by atoms with Crippen molar-refractivity contribution < 1.29 is 27.1 Å². The molecule has 1 aliphatic rings. The zero-order valence-corrected chi connectivity index (χ0v) is 21.6. The van der Waals surface area contributed by atoms with Crippen LogP contribution < -0.4 is 11.5 Å². The van der Waals surface area contributed by atoms with Gasteiger partial charge in [0.25, 0.3) is 0 Å². The molecule has 0 bridgehead atoms. The van der Waals surface area contributed by atoms with Crippen molar-refractivity contribution in [3.8, 4) is 11.1 Å². The minimum absolute atomic E-state index is 0.00220. The Labute approximate surface area is 217 Å². The molecule has 1 atom stereocenters. The van der Waals surface area contributed by atoms with Gasteiger partial charge >= 0.3 is 11.7 Å². The molecule has 4 aromatic rings. The van der Waals surface area contributed by atoms with Crippen LogP contribution in [0.4, 0.5) is 4.39 Å². The van der Waals surface area contributed by atoms with E-state index in [9.17, 15) is 27.5 Å². The number of para-hydroxylation sites is 1. The number of H-pyrrole nitrogens is 1. The number of likely N-dealkylation sites (tertiary alicyclic amines) is 1. The highest BCUT2D eigenvalue weighted by Gasteiger charge is 2.26. The molecule has 12 heteroatoms. The number of nitrogens with zero attached hydrogens (tertiary/aromatic N) is 2. The summed E-state index contributed by atoms with van der Waals surface area (Å²) in [7, 11) is -3.46. The van der Waals surface area contributed by atoms with Gasteiger partial charge in [-0.3, -0.25) is 9.47 Å². The summed E-state index contributed by atoms with van der Waals surface area (Å²) in [6.07, 6.45) is 2.66. The Bertz CT molecular complexity index is 1720. The van der Waals surface area contributed by atoms with Crippen molar-refractivity contribution in [2.24, 2.45) is 5.73 Å². The Kier molecular flexibility index (Phi) is 6.49. The molecule has 1 aliphatic heterocycles.